The van der Waals surface area contributed by atoms with E-state index in [4.69, 9.17) is 4.74 Å². The molecule has 4 rings (SSSR count). The molecule has 0 saturated heterocycles. The van der Waals surface area contributed by atoms with Crippen molar-refractivity contribution in [2.24, 2.45) is 4.99 Å². The Morgan fingerprint density at radius 3 is 2.59 bits per heavy atom. The second-order valence-electron chi connectivity index (χ2n) is 7.61. The highest BCUT2D eigenvalue weighted by molar-refractivity contribution is 6.38. The number of ether oxygens (including phenoxy) is 1. The SMILES string of the molecule is COc1cccc(CNC(=O)C2=NCc3c(C)c(=O)n(Cc4ccccc4)c(=O)n3C2)c1. The van der Waals surface area contributed by atoms with Crippen LogP contribution >= 0.6 is 0 Å². The summed E-state index contributed by atoms with van der Waals surface area (Å²) in [4.78, 5) is 43.0. The van der Waals surface area contributed by atoms with Crippen molar-refractivity contribution >= 4 is 11.6 Å². The molecule has 0 saturated carbocycles. The third kappa shape index (κ3) is 4.25. The Morgan fingerprint density at radius 2 is 1.84 bits per heavy atom. The van der Waals surface area contributed by atoms with Gasteiger partial charge in [-0.2, -0.15) is 0 Å². The van der Waals surface area contributed by atoms with Gasteiger partial charge in [-0.25, -0.2) is 4.79 Å². The maximum atomic E-state index is 13.1. The van der Waals surface area contributed by atoms with Crippen molar-refractivity contribution in [2.45, 2.75) is 33.1 Å². The lowest BCUT2D eigenvalue weighted by Crippen LogP contribution is -2.47. The van der Waals surface area contributed by atoms with Gasteiger partial charge in [-0.05, 0) is 30.2 Å². The van der Waals surface area contributed by atoms with Crippen LogP contribution in [0.15, 0.2) is 69.2 Å². The summed E-state index contributed by atoms with van der Waals surface area (Å²) < 4.78 is 7.90. The summed E-state index contributed by atoms with van der Waals surface area (Å²) in [6.07, 6.45) is 0. The van der Waals surface area contributed by atoms with Crippen LogP contribution in [-0.4, -0.2) is 27.9 Å². The number of hydrogen-bond acceptors (Lipinski definition) is 5. The fraction of sp³-hybridized carbons (Fsp3) is 0.250. The molecule has 164 valence electrons. The minimum Gasteiger partial charge on any atom is -0.497 e. The van der Waals surface area contributed by atoms with Crippen LogP contribution in [0.3, 0.4) is 0 Å². The van der Waals surface area contributed by atoms with Gasteiger partial charge in [0.1, 0.15) is 11.5 Å². The van der Waals surface area contributed by atoms with Crippen molar-refractivity contribution in [3.05, 3.63) is 97.8 Å². The Labute approximate surface area is 184 Å². The number of carbonyl (C=O) groups is 1. The van der Waals surface area contributed by atoms with Crippen molar-refractivity contribution in [1.29, 1.82) is 0 Å². The molecule has 2 aromatic carbocycles. The molecule has 0 aliphatic carbocycles. The average molecular weight is 432 g/mol. The lowest BCUT2D eigenvalue weighted by Gasteiger charge is -2.21. The van der Waals surface area contributed by atoms with Crippen LogP contribution in [0.2, 0.25) is 0 Å². The van der Waals surface area contributed by atoms with Crippen molar-refractivity contribution in [3.63, 3.8) is 0 Å². The first-order valence-electron chi connectivity index (χ1n) is 10.3. The monoisotopic (exact) mass is 432 g/mol. The van der Waals surface area contributed by atoms with Crippen molar-refractivity contribution in [2.75, 3.05) is 7.11 Å². The van der Waals surface area contributed by atoms with Crippen LogP contribution in [0.1, 0.15) is 22.4 Å². The van der Waals surface area contributed by atoms with E-state index < -0.39 is 5.69 Å². The van der Waals surface area contributed by atoms with Crippen LogP contribution < -0.4 is 21.3 Å². The molecule has 0 unspecified atom stereocenters. The summed E-state index contributed by atoms with van der Waals surface area (Å²) in [6, 6.07) is 16.7. The molecule has 1 N–H and O–H groups in total. The van der Waals surface area contributed by atoms with E-state index >= 15 is 0 Å². The minimum absolute atomic E-state index is 0.0218. The fourth-order valence-corrected chi connectivity index (χ4v) is 3.73. The van der Waals surface area contributed by atoms with E-state index in [9.17, 15) is 14.4 Å². The van der Waals surface area contributed by atoms with E-state index in [-0.39, 0.29) is 36.8 Å². The van der Waals surface area contributed by atoms with Gasteiger partial charge in [-0.3, -0.25) is 23.7 Å². The van der Waals surface area contributed by atoms with Gasteiger partial charge in [0.05, 0.1) is 32.4 Å². The highest BCUT2D eigenvalue weighted by Crippen LogP contribution is 2.13. The first kappa shape index (κ1) is 21.3. The molecule has 0 spiro atoms. The highest BCUT2D eigenvalue weighted by atomic mass is 16.5. The molecule has 1 aliphatic rings. The summed E-state index contributed by atoms with van der Waals surface area (Å²) in [6.45, 7) is 2.31. The predicted molar refractivity (Wildman–Crippen MR) is 121 cm³/mol. The van der Waals surface area contributed by atoms with E-state index in [2.05, 4.69) is 10.3 Å². The molecule has 0 fully saturated rings. The van der Waals surface area contributed by atoms with Crippen molar-refractivity contribution < 1.29 is 9.53 Å². The number of carbonyl (C=O) groups excluding carboxylic acids is 1. The van der Waals surface area contributed by atoms with Crippen LogP contribution in [-0.2, 0) is 31.0 Å². The lowest BCUT2D eigenvalue weighted by molar-refractivity contribution is -0.115. The first-order valence-corrected chi connectivity index (χ1v) is 10.3. The van der Waals surface area contributed by atoms with E-state index in [0.29, 0.717) is 23.6 Å². The molecular weight excluding hydrogens is 408 g/mol. The van der Waals surface area contributed by atoms with E-state index in [0.717, 1.165) is 11.1 Å². The molecule has 0 bridgehead atoms. The number of fused-ring (bicyclic) bond motifs is 1. The molecule has 3 aromatic rings. The smallest absolute Gasteiger partial charge is 0.331 e. The number of hydrogen-bond donors (Lipinski definition) is 1. The molecule has 8 nitrogen and oxygen atoms in total. The second kappa shape index (κ2) is 9.05. The zero-order valence-corrected chi connectivity index (χ0v) is 18.0. The van der Waals surface area contributed by atoms with Gasteiger partial charge in [0.25, 0.3) is 11.5 Å². The summed E-state index contributed by atoms with van der Waals surface area (Å²) in [5.74, 6) is 0.364. The third-order valence-electron chi connectivity index (χ3n) is 5.55. The van der Waals surface area contributed by atoms with Crippen LogP contribution in [0.4, 0.5) is 0 Å². The lowest BCUT2D eigenvalue weighted by atomic mass is 10.1. The predicted octanol–water partition coefficient (Wildman–Crippen LogP) is 1.65. The molecule has 32 heavy (non-hydrogen) atoms. The quantitative estimate of drug-likeness (QED) is 0.641. The number of amides is 1. The molecule has 0 radical (unpaired) electrons. The zero-order valence-electron chi connectivity index (χ0n) is 18.0. The van der Waals surface area contributed by atoms with Gasteiger partial charge >= 0.3 is 5.69 Å². The van der Waals surface area contributed by atoms with E-state index in [1.54, 1.807) is 14.0 Å². The van der Waals surface area contributed by atoms with E-state index in [1.807, 2.05) is 54.6 Å². The van der Waals surface area contributed by atoms with E-state index in [1.165, 1.54) is 9.13 Å². The minimum atomic E-state index is -0.438. The third-order valence-corrected chi connectivity index (χ3v) is 5.55. The van der Waals surface area contributed by atoms with Gasteiger partial charge in [-0.15, -0.1) is 0 Å². The average Bonchev–Trinajstić information content (AvgIpc) is 2.84. The van der Waals surface area contributed by atoms with Crippen molar-refractivity contribution in [3.8, 4) is 5.75 Å². The van der Waals surface area contributed by atoms with Gasteiger partial charge < -0.3 is 10.1 Å². The Bertz CT molecular complexity index is 1310. The summed E-state index contributed by atoms with van der Waals surface area (Å²) in [5.41, 5.74) is 2.26. The largest absolute Gasteiger partial charge is 0.497 e. The summed E-state index contributed by atoms with van der Waals surface area (Å²) >= 11 is 0. The topological polar surface area (TPSA) is 94.7 Å². The van der Waals surface area contributed by atoms with Crippen LogP contribution in [0.5, 0.6) is 5.75 Å². The second-order valence-corrected chi connectivity index (χ2v) is 7.61. The Kier molecular flexibility index (Phi) is 6.02. The summed E-state index contributed by atoms with van der Waals surface area (Å²) in [7, 11) is 1.59. The number of methoxy groups -OCH3 is 1. The first-order chi connectivity index (χ1) is 15.5. The Balaban J connectivity index is 1.55. The number of aromatic nitrogens is 2. The number of nitrogens with zero attached hydrogens (tertiary/aromatic N) is 3. The highest BCUT2D eigenvalue weighted by Gasteiger charge is 2.23. The number of benzene rings is 2. The Hall–Kier alpha value is -3.94. The number of nitrogens with one attached hydrogen (secondary N) is 1. The maximum absolute atomic E-state index is 13.1. The van der Waals surface area contributed by atoms with Crippen molar-refractivity contribution in [1.82, 2.24) is 14.5 Å². The number of rotatable bonds is 6. The standard InChI is InChI=1S/C24H24N4O4/c1-16-21-13-25-20(22(29)26-12-18-9-6-10-19(11-18)32-2)15-27(21)24(31)28(23(16)30)14-17-7-4-3-5-8-17/h3-11H,12-15H2,1-2H3,(H,26,29). The zero-order chi connectivity index (χ0) is 22.7. The van der Waals surface area contributed by atoms with Gasteiger partial charge in [0.2, 0.25) is 0 Å². The molecule has 8 heteroatoms. The molecular formula is C24H24N4O4. The molecule has 0 atom stereocenters. The van der Waals surface area contributed by atoms with Crippen LogP contribution in [0, 0.1) is 6.92 Å². The molecule has 1 aromatic heterocycles. The normalized spacial score (nSPS) is 12.6. The van der Waals surface area contributed by atoms with Gasteiger partial charge in [-0.1, -0.05) is 42.5 Å². The number of aliphatic imine (C=N–C) groups is 1. The molecule has 1 aliphatic heterocycles. The summed E-state index contributed by atoms with van der Waals surface area (Å²) in [5, 5.41) is 2.84. The molecule has 1 amide bonds. The fourth-order valence-electron chi connectivity index (χ4n) is 3.73. The van der Waals surface area contributed by atoms with Crippen LogP contribution in [0.25, 0.3) is 0 Å². The molecule has 2 heterocycles. The van der Waals surface area contributed by atoms with Gasteiger partial charge in [0, 0.05) is 12.1 Å². The van der Waals surface area contributed by atoms with Gasteiger partial charge in [0.15, 0.2) is 0 Å². The maximum Gasteiger partial charge on any atom is 0.331 e. The Morgan fingerprint density at radius 1 is 1.09 bits per heavy atom.